The Kier molecular flexibility index (Phi) is 4.54. The highest BCUT2D eigenvalue weighted by atomic mass is 79.9. The van der Waals surface area contributed by atoms with E-state index in [0.29, 0.717) is 5.69 Å². The van der Waals surface area contributed by atoms with Crippen LogP contribution in [0.4, 0.5) is 5.69 Å². The van der Waals surface area contributed by atoms with Crippen LogP contribution in [0.1, 0.15) is 17.3 Å². The molecule has 0 radical (unpaired) electrons. The fourth-order valence-corrected chi connectivity index (χ4v) is 2.74. The van der Waals surface area contributed by atoms with Crippen molar-refractivity contribution in [1.29, 1.82) is 0 Å². The molecule has 0 aromatic heterocycles. The highest BCUT2D eigenvalue weighted by molar-refractivity contribution is 9.09. The van der Waals surface area contributed by atoms with Crippen LogP contribution in [0, 0.1) is 0 Å². The number of benzene rings is 1. The lowest BCUT2D eigenvalue weighted by molar-refractivity contribution is -0.114. The Hall–Kier alpha value is -0.990. The molecule has 7 heteroatoms. The lowest BCUT2D eigenvalue weighted by Gasteiger charge is -2.21. The average molecular weight is 330 g/mol. The van der Waals surface area contributed by atoms with Gasteiger partial charge in [0.2, 0.25) is 5.91 Å². The van der Waals surface area contributed by atoms with Crippen LogP contribution in [0.3, 0.4) is 0 Å². The Labute approximate surface area is 119 Å². The van der Waals surface area contributed by atoms with E-state index in [0.717, 1.165) is 5.56 Å². The fourth-order valence-electron chi connectivity index (χ4n) is 1.99. The predicted octanol–water partition coefficient (Wildman–Crippen LogP) is 0.237. The summed E-state index contributed by atoms with van der Waals surface area (Å²) in [5, 5.41) is 27.2. The molecule has 4 unspecified atom stereocenters. The Morgan fingerprint density at radius 1 is 1.32 bits per heavy atom. The molecule has 6 nitrogen and oxygen atoms in total. The Bertz CT molecular complexity index is 454. The van der Waals surface area contributed by atoms with Crippen molar-refractivity contribution in [1.82, 2.24) is 10.6 Å². The van der Waals surface area contributed by atoms with Crippen LogP contribution in [-0.2, 0) is 4.79 Å². The maximum atomic E-state index is 10.9. The van der Waals surface area contributed by atoms with Crippen LogP contribution in [0.5, 0.6) is 0 Å². The minimum absolute atomic E-state index is 0.122. The van der Waals surface area contributed by atoms with Gasteiger partial charge in [-0.25, -0.2) is 0 Å². The smallest absolute Gasteiger partial charge is 0.221 e. The van der Waals surface area contributed by atoms with E-state index in [9.17, 15) is 15.0 Å². The average Bonchev–Trinajstić information content (AvgIpc) is 2.68. The second-order valence-corrected chi connectivity index (χ2v) is 5.40. The zero-order chi connectivity index (χ0) is 14.0. The normalized spacial score (nSPS) is 28.1. The van der Waals surface area contributed by atoms with Gasteiger partial charge in [-0.15, -0.1) is 0 Å². The minimum Gasteiger partial charge on any atom is -0.377 e. The van der Waals surface area contributed by atoms with E-state index < -0.39 is 12.6 Å². The van der Waals surface area contributed by atoms with E-state index in [1.54, 1.807) is 12.1 Å². The van der Waals surface area contributed by atoms with Crippen LogP contribution in [0.2, 0.25) is 0 Å². The summed E-state index contributed by atoms with van der Waals surface area (Å²) in [6, 6.07) is 6.93. The number of alkyl halides is 1. The van der Waals surface area contributed by atoms with E-state index >= 15 is 0 Å². The number of amides is 1. The second-order valence-electron chi connectivity index (χ2n) is 4.41. The second kappa shape index (κ2) is 5.98. The van der Waals surface area contributed by atoms with Gasteiger partial charge < -0.3 is 15.5 Å². The highest BCUT2D eigenvalue weighted by Gasteiger charge is 2.35. The number of hydrogen-bond donors (Lipinski definition) is 5. The van der Waals surface area contributed by atoms with Crippen molar-refractivity contribution in [3.8, 4) is 0 Å². The van der Waals surface area contributed by atoms with Crippen molar-refractivity contribution in [3.63, 3.8) is 0 Å². The van der Waals surface area contributed by atoms with Gasteiger partial charge >= 0.3 is 0 Å². The van der Waals surface area contributed by atoms with Crippen molar-refractivity contribution >= 4 is 27.5 Å². The number of nitrogens with one attached hydrogen (secondary N) is 3. The number of aliphatic hydroxyl groups is 2. The zero-order valence-electron chi connectivity index (χ0n) is 10.3. The molecule has 2 rings (SSSR count). The summed E-state index contributed by atoms with van der Waals surface area (Å²) >= 11 is 3.50. The Balaban J connectivity index is 2.07. The van der Waals surface area contributed by atoms with Crippen molar-refractivity contribution < 1.29 is 15.0 Å². The minimum atomic E-state index is -0.918. The lowest BCUT2D eigenvalue weighted by atomic mass is 10.0. The number of halogens is 1. The van der Waals surface area contributed by atoms with Gasteiger partial charge in [0, 0.05) is 12.6 Å². The van der Waals surface area contributed by atoms with E-state index in [1.165, 1.54) is 6.92 Å². The van der Waals surface area contributed by atoms with Gasteiger partial charge in [0.15, 0.2) is 6.35 Å². The molecular formula is C12H16BrN3O3. The van der Waals surface area contributed by atoms with Crippen LogP contribution in [0.15, 0.2) is 24.3 Å². The van der Waals surface area contributed by atoms with Crippen molar-refractivity contribution in [3.05, 3.63) is 29.8 Å². The third-order valence-electron chi connectivity index (χ3n) is 2.88. The van der Waals surface area contributed by atoms with Crippen molar-refractivity contribution in [2.75, 3.05) is 5.32 Å². The van der Waals surface area contributed by atoms with E-state index in [2.05, 4.69) is 31.9 Å². The quantitative estimate of drug-likeness (QED) is 0.512. The van der Waals surface area contributed by atoms with Gasteiger partial charge in [-0.05, 0) is 17.7 Å². The number of aliphatic hydroxyl groups excluding tert-OH is 2. The molecule has 0 aliphatic carbocycles. The zero-order valence-corrected chi connectivity index (χ0v) is 11.9. The summed E-state index contributed by atoms with van der Waals surface area (Å²) in [5.41, 5.74) is 1.65. The molecule has 4 atom stereocenters. The number of hydrogen-bond acceptors (Lipinski definition) is 5. The van der Waals surface area contributed by atoms with Gasteiger partial charge in [0.1, 0.15) is 6.23 Å². The van der Waals surface area contributed by atoms with Gasteiger partial charge in [-0.1, -0.05) is 28.1 Å². The molecule has 1 fully saturated rings. The molecule has 1 amide bonds. The highest BCUT2D eigenvalue weighted by Crippen LogP contribution is 2.30. The van der Waals surface area contributed by atoms with E-state index in [4.69, 9.17) is 0 Å². The Morgan fingerprint density at radius 2 is 1.95 bits per heavy atom. The summed E-state index contributed by atoms with van der Waals surface area (Å²) < 4.78 is 0. The molecule has 0 spiro atoms. The number of anilines is 1. The van der Waals surface area contributed by atoms with Crippen LogP contribution in [-0.4, -0.2) is 34.7 Å². The molecule has 1 heterocycles. The van der Waals surface area contributed by atoms with Gasteiger partial charge in [-0.3, -0.25) is 15.4 Å². The first kappa shape index (κ1) is 14.4. The monoisotopic (exact) mass is 329 g/mol. The standard InChI is InChI=1S/C12H16BrN3O3/c1-6(17)14-8-4-2-7(3-5-8)9(13)10-11(18)16-12(19)15-10/h2-5,9-12,15-16,18-19H,1H3,(H,14,17). The molecule has 19 heavy (non-hydrogen) atoms. The summed E-state index contributed by atoms with van der Waals surface area (Å²) in [6.07, 6.45) is -1.76. The predicted molar refractivity (Wildman–Crippen MR) is 74.5 cm³/mol. The Morgan fingerprint density at radius 3 is 2.42 bits per heavy atom. The van der Waals surface area contributed by atoms with Crippen LogP contribution < -0.4 is 16.0 Å². The molecule has 104 valence electrons. The third-order valence-corrected chi connectivity index (χ3v) is 3.98. The SMILES string of the molecule is CC(=O)Nc1ccc(C(Br)C2NC(O)NC2O)cc1. The molecule has 0 bridgehead atoms. The molecule has 1 aromatic rings. The maximum absolute atomic E-state index is 10.9. The van der Waals surface area contributed by atoms with Gasteiger partial charge in [-0.2, -0.15) is 0 Å². The number of rotatable bonds is 3. The van der Waals surface area contributed by atoms with Crippen LogP contribution >= 0.6 is 15.9 Å². The summed E-state index contributed by atoms with van der Waals surface area (Å²) in [7, 11) is 0. The van der Waals surface area contributed by atoms with Crippen LogP contribution in [0.25, 0.3) is 0 Å². The largest absolute Gasteiger partial charge is 0.377 e. The van der Waals surface area contributed by atoms with E-state index in [1.807, 2.05) is 12.1 Å². The summed E-state index contributed by atoms with van der Waals surface area (Å²) in [6.45, 7) is 1.45. The maximum Gasteiger partial charge on any atom is 0.221 e. The molecule has 1 aliphatic rings. The topological polar surface area (TPSA) is 93.6 Å². The summed E-state index contributed by atoms with van der Waals surface area (Å²) in [5.74, 6) is -0.122. The van der Waals surface area contributed by atoms with Gasteiger partial charge in [0.05, 0.1) is 10.9 Å². The molecular weight excluding hydrogens is 314 g/mol. The summed E-state index contributed by atoms with van der Waals surface area (Å²) in [4.78, 5) is 10.8. The van der Waals surface area contributed by atoms with Crippen molar-refractivity contribution in [2.24, 2.45) is 0 Å². The molecule has 1 aliphatic heterocycles. The molecule has 1 aromatic carbocycles. The molecule has 0 saturated carbocycles. The first-order valence-electron chi connectivity index (χ1n) is 5.87. The number of carbonyl (C=O) groups excluding carboxylic acids is 1. The fraction of sp³-hybridized carbons (Fsp3) is 0.417. The first-order valence-corrected chi connectivity index (χ1v) is 6.79. The van der Waals surface area contributed by atoms with E-state index in [-0.39, 0.29) is 16.8 Å². The molecule has 5 N–H and O–H groups in total. The first-order chi connectivity index (χ1) is 8.97. The lowest BCUT2D eigenvalue weighted by Crippen LogP contribution is -2.36. The van der Waals surface area contributed by atoms with Crippen molar-refractivity contribution in [2.45, 2.75) is 30.4 Å². The number of carbonyl (C=O) groups is 1. The van der Waals surface area contributed by atoms with Gasteiger partial charge in [0.25, 0.3) is 0 Å². The molecule has 1 saturated heterocycles. The third kappa shape index (κ3) is 3.52.